The van der Waals surface area contributed by atoms with E-state index in [0.717, 1.165) is 30.5 Å². The highest BCUT2D eigenvalue weighted by Crippen LogP contribution is 2.30. The van der Waals surface area contributed by atoms with Gasteiger partial charge in [0.1, 0.15) is 12.4 Å². The van der Waals surface area contributed by atoms with Crippen molar-refractivity contribution in [1.82, 2.24) is 10.1 Å². The minimum absolute atomic E-state index is 0.158. The second kappa shape index (κ2) is 9.65. The Balaban J connectivity index is 1.64. The molecule has 8 nitrogen and oxygen atoms in total. The molecule has 0 saturated carbocycles. The van der Waals surface area contributed by atoms with Crippen molar-refractivity contribution in [3.63, 3.8) is 0 Å². The molecular formula is C22H28N2O6. The molecule has 1 aromatic heterocycles. The zero-order valence-corrected chi connectivity index (χ0v) is 17.9. The van der Waals surface area contributed by atoms with Gasteiger partial charge in [-0.1, -0.05) is 5.16 Å². The molecule has 0 unspecified atom stereocenters. The zero-order chi connectivity index (χ0) is 21.7. The molecule has 0 N–H and O–H groups in total. The van der Waals surface area contributed by atoms with Crippen LogP contribution in [-0.4, -0.2) is 48.2 Å². The first kappa shape index (κ1) is 21.7. The molecule has 1 saturated heterocycles. The molecule has 0 spiro atoms. The zero-order valence-electron chi connectivity index (χ0n) is 17.9. The van der Waals surface area contributed by atoms with Crippen molar-refractivity contribution in [3.05, 3.63) is 40.8 Å². The van der Waals surface area contributed by atoms with Crippen LogP contribution in [0.15, 0.2) is 22.7 Å². The second-order valence-corrected chi connectivity index (χ2v) is 7.39. The van der Waals surface area contributed by atoms with Gasteiger partial charge in [-0.25, -0.2) is 4.79 Å². The Morgan fingerprint density at radius 2 is 1.90 bits per heavy atom. The Hall–Kier alpha value is -3.03. The molecule has 1 aliphatic heterocycles. The van der Waals surface area contributed by atoms with Gasteiger partial charge in [0.15, 0.2) is 17.6 Å². The number of benzene rings is 1. The lowest BCUT2D eigenvalue weighted by Gasteiger charge is -2.28. The molecule has 0 bridgehead atoms. The third-order valence-corrected chi connectivity index (χ3v) is 5.25. The van der Waals surface area contributed by atoms with Crippen molar-refractivity contribution in [2.24, 2.45) is 0 Å². The molecule has 1 aromatic carbocycles. The summed E-state index contributed by atoms with van der Waals surface area (Å²) >= 11 is 0. The molecule has 1 amide bonds. The number of ether oxygens (including phenoxy) is 3. The first-order valence-electron chi connectivity index (χ1n) is 10.1. The van der Waals surface area contributed by atoms with Crippen molar-refractivity contribution in [2.75, 3.05) is 20.2 Å². The molecule has 8 heteroatoms. The molecular weight excluding hydrogens is 388 g/mol. The third kappa shape index (κ3) is 4.93. The summed E-state index contributed by atoms with van der Waals surface area (Å²) in [4.78, 5) is 26.8. The van der Waals surface area contributed by atoms with Crippen LogP contribution in [0.5, 0.6) is 11.5 Å². The van der Waals surface area contributed by atoms with Crippen LogP contribution in [0.3, 0.4) is 0 Å². The molecule has 0 radical (unpaired) electrons. The van der Waals surface area contributed by atoms with Crippen LogP contribution in [0, 0.1) is 13.8 Å². The van der Waals surface area contributed by atoms with Crippen LogP contribution < -0.4 is 9.47 Å². The largest absolute Gasteiger partial charge is 0.493 e. The fourth-order valence-corrected chi connectivity index (χ4v) is 3.42. The van der Waals surface area contributed by atoms with Gasteiger partial charge in [-0.15, -0.1) is 0 Å². The van der Waals surface area contributed by atoms with Gasteiger partial charge in [-0.3, -0.25) is 4.79 Å². The molecule has 30 heavy (non-hydrogen) atoms. The molecule has 2 aromatic rings. The van der Waals surface area contributed by atoms with Gasteiger partial charge in [0, 0.05) is 13.1 Å². The first-order chi connectivity index (χ1) is 14.4. The number of aryl methyl sites for hydroxylation is 2. The Labute approximate surface area is 176 Å². The Morgan fingerprint density at radius 3 is 2.53 bits per heavy atom. The maximum absolute atomic E-state index is 12.5. The highest BCUT2D eigenvalue weighted by Gasteiger charge is 2.26. The molecule has 1 fully saturated rings. The maximum Gasteiger partial charge on any atom is 0.339 e. The van der Waals surface area contributed by atoms with E-state index in [2.05, 4.69) is 5.16 Å². The summed E-state index contributed by atoms with van der Waals surface area (Å²) in [6, 6.07) is 4.78. The van der Waals surface area contributed by atoms with E-state index >= 15 is 0 Å². The number of piperidine rings is 1. The van der Waals surface area contributed by atoms with Crippen LogP contribution in [-0.2, 0) is 16.1 Å². The van der Waals surface area contributed by atoms with Crippen molar-refractivity contribution in [2.45, 2.75) is 52.7 Å². The highest BCUT2D eigenvalue weighted by atomic mass is 16.5. The van der Waals surface area contributed by atoms with Gasteiger partial charge >= 0.3 is 5.97 Å². The van der Waals surface area contributed by atoms with E-state index < -0.39 is 12.1 Å². The first-order valence-corrected chi connectivity index (χ1v) is 10.1. The van der Waals surface area contributed by atoms with E-state index in [0.29, 0.717) is 30.3 Å². The van der Waals surface area contributed by atoms with E-state index in [1.54, 1.807) is 30.0 Å². The van der Waals surface area contributed by atoms with Crippen molar-refractivity contribution in [1.29, 1.82) is 0 Å². The predicted octanol–water partition coefficient (Wildman–Crippen LogP) is 3.44. The molecule has 1 aliphatic rings. The summed E-state index contributed by atoms with van der Waals surface area (Å²) in [6.07, 6.45) is 2.26. The number of nitrogens with zero attached hydrogens (tertiary/aromatic N) is 2. The van der Waals surface area contributed by atoms with Gasteiger partial charge in [0.25, 0.3) is 5.91 Å². The van der Waals surface area contributed by atoms with Gasteiger partial charge < -0.3 is 23.6 Å². The number of carbonyl (C=O) groups excluding carboxylic acids is 2. The smallest absolute Gasteiger partial charge is 0.339 e. The van der Waals surface area contributed by atoms with Crippen LogP contribution in [0.25, 0.3) is 0 Å². The molecule has 2 heterocycles. The maximum atomic E-state index is 12.5. The number of rotatable bonds is 7. The number of hydrogen-bond acceptors (Lipinski definition) is 7. The number of carbonyl (C=O) groups is 2. The summed E-state index contributed by atoms with van der Waals surface area (Å²) in [5, 5.41) is 3.91. The van der Waals surface area contributed by atoms with E-state index in [9.17, 15) is 9.59 Å². The number of esters is 1. The van der Waals surface area contributed by atoms with Gasteiger partial charge in [-0.2, -0.15) is 0 Å². The van der Waals surface area contributed by atoms with E-state index in [4.69, 9.17) is 18.7 Å². The summed E-state index contributed by atoms with van der Waals surface area (Å²) in [5.41, 5.74) is 1.92. The monoisotopic (exact) mass is 416 g/mol. The van der Waals surface area contributed by atoms with Crippen LogP contribution in [0.2, 0.25) is 0 Å². The van der Waals surface area contributed by atoms with E-state index in [-0.39, 0.29) is 18.1 Å². The van der Waals surface area contributed by atoms with Gasteiger partial charge in [-0.05, 0) is 58.2 Å². The summed E-state index contributed by atoms with van der Waals surface area (Å²) in [6.45, 7) is 6.96. The highest BCUT2D eigenvalue weighted by molar-refractivity contribution is 5.92. The number of amides is 1. The van der Waals surface area contributed by atoms with Crippen molar-refractivity contribution in [3.8, 4) is 11.5 Å². The fourth-order valence-electron chi connectivity index (χ4n) is 3.42. The molecule has 3 rings (SSSR count). The second-order valence-electron chi connectivity index (χ2n) is 7.39. The fraction of sp³-hybridized carbons (Fsp3) is 0.500. The number of aromatic nitrogens is 1. The lowest BCUT2D eigenvalue weighted by Crippen LogP contribution is -2.42. The molecule has 0 aliphatic carbocycles. The summed E-state index contributed by atoms with van der Waals surface area (Å²) in [7, 11) is 1.50. The lowest BCUT2D eigenvalue weighted by molar-refractivity contribution is -0.140. The van der Waals surface area contributed by atoms with Gasteiger partial charge in [0.05, 0.1) is 23.9 Å². The predicted molar refractivity (Wildman–Crippen MR) is 109 cm³/mol. The minimum Gasteiger partial charge on any atom is -0.493 e. The third-order valence-electron chi connectivity index (χ3n) is 5.25. The molecule has 1 atom stereocenters. The normalized spacial score (nSPS) is 14.9. The summed E-state index contributed by atoms with van der Waals surface area (Å²) < 4.78 is 21.7. The Kier molecular flexibility index (Phi) is 6.97. The minimum atomic E-state index is -0.836. The molecule has 162 valence electrons. The Bertz CT molecular complexity index is 882. The topological polar surface area (TPSA) is 91.1 Å². The number of likely N-dealkylation sites (tertiary alicyclic amines) is 1. The van der Waals surface area contributed by atoms with Crippen LogP contribution in [0.1, 0.15) is 53.6 Å². The standard InChI is InChI=1S/C22H28N2O6/c1-14-18(15(2)30-23-14)13-28-19-9-8-17(12-20(19)27-4)22(26)29-16(3)21(25)24-10-6-5-7-11-24/h8-9,12,16H,5-7,10-11,13H2,1-4H3/t16-/m1/s1. The summed E-state index contributed by atoms with van der Waals surface area (Å²) in [5.74, 6) is 0.828. The average molecular weight is 416 g/mol. The van der Waals surface area contributed by atoms with E-state index in [1.165, 1.54) is 7.11 Å². The average Bonchev–Trinajstić information content (AvgIpc) is 3.09. The number of methoxy groups -OCH3 is 1. The van der Waals surface area contributed by atoms with Crippen LogP contribution >= 0.6 is 0 Å². The SMILES string of the molecule is COc1cc(C(=O)O[C@H](C)C(=O)N2CCCCC2)ccc1OCc1c(C)noc1C. The number of hydrogen-bond donors (Lipinski definition) is 0. The lowest BCUT2D eigenvalue weighted by atomic mass is 10.1. The Morgan fingerprint density at radius 1 is 1.17 bits per heavy atom. The van der Waals surface area contributed by atoms with Gasteiger partial charge in [0.2, 0.25) is 0 Å². The quantitative estimate of drug-likeness (QED) is 0.639. The van der Waals surface area contributed by atoms with Crippen molar-refractivity contribution >= 4 is 11.9 Å². The van der Waals surface area contributed by atoms with Crippen LogP contribution in [0.4, 0.5) is 0 Å². The van der Waals surface area contributed by atoms with E-state index in [1.807, 2.05) is 13.8 Å². The van der Waals surface area contributed by atoms with Crippen molar-refractivity contribution < 1.29 is 28.3 Å².